The monoisotopic (exact) mass is 401 g/mol. The number of nitrogens with one attached hydrogen (secondary N) is 1. The molecular weight excluding hydrogens is 374 g/mol. The highest BCUT2D eigenvalue weighted by Gasteiger charge is 2.04. The lowest BCUT2D eigenvalue weighted by Crippen LogP contribution is -2.18. The van der Waals surface area contributed by atoms with Crippen LogP contribution in [0.15, 0.2) is 77.9 Å². The lowest BCUT2D eigenvalue weighted by molar-refractivity contribution is 0.0955. The smallest absolute Gasteiger partial charge is 0.271 e. The van der Waals surface area contributed by atoms with Gasteiger partial charge in [0.25, 0.3) is 5.91 Å². The molecule has 0 aliphatic rings. The summed E-state index contributed by atoms with van der Waals surface area (Å²) in [4.78, 5) is 14.2. The predicted molar refractivity (Wildman–Crippen MR) is 122 cm³/mol. The van der Waals surface area contributed by atoms with Gasteiger partial charge < -0.3 is 9.64 Å². The van der Waals surface area contributed by atoms with Crippen LogP contribution in [0, 0.1) is 6.92 Å². The fourth-order valence-electron chi connectivity index (χ4n) is 2.88. The van der Waals surface area contributed by atoms with E-state index in [1.165, 1.54) is 5.56 Å². The number of aryl methyl sites for hydroxylation is 1. The Hall–Kier alpha value is -3.44. The third-order valence-electron chi connectivity index (χ3n) is 4.63. The minimum Gasteiger partial charge on any atom is -0.378 e. The zero-order valence-corrected chi connectivity index (χ0v) is 17.6. The molecular formula is C25H27N3O2. The second-order valence-corrected chi connectivity index (χ2v) is 7.36. The number of nitrogens with zero attached hydrogens (tertiary/aromatic N) is 2. The van der Waals surface area contributed by atoms with Crippen LogP contribution in [0.2, 0.25) is 0 Å². The van der Waals surface area contributed by atoms with Crippen LogP contribution in [0.3, 0.4) is 0 Å². The molecule has 1 N–H and O–H groups in total. The third-order valence-corrected chi connectivity index (χ3v) is 4.63. The van der Waals surface area contributed by atoms with Crippen LogP contribution in [-0.2, 0) is 18.0 Å². The van der Waals surface area contributed by atoms with Crippen LogP contribution in [0.25, 0.3) is 0 Å². The molecule has 3 rings (SSSR count). The SMILES string of the molecule is Cc1ccc(COCc2cccc(C=NNC(=O)c3ccc(N(C)C)cc3)c2)cc1. The first kappa shape index (κ1) is 21.3. The molecule has 3 aromatic rings. The molecule has 0 heterocycles. The quantitative estimate of drug-likeness (QED) is 0.445. The summed E-state index contributed by atoms with van der Waals surface area (Å²) in [7, 11) is 3.92. The van der Waals surface area contributed by atoms with Crippen LogP contribution < -0.4 is 10.3 Å². The summed E-state index contributed by atoms with van der Waals surface area (Å²) in [5, 5.41) is 4.08. The third kappa shape index (κ3) is 6.29. The van der Waals surface area contributed by atoms with Crippen LogP contribution in [-0.4, -0.2) is 26.2 Å². The van der Waals surface area contributed by atoms with Crippen molar-refractivity contribution < 1.29 is 9.53 Å². The number of hydrazone groups is 1. The second kappa shape index (κ2) is 10.4. The largest absolute Gasteiger partial charge is 0.378 e. The van der Waals surface area contributed by atoms with E-state index in [1.807, 2.05) is 55.4 Å². The highest BCUT2D eigenvalue weighted by Crippen LogP contribution is 2.12. The Labute approximate surface area is 178 Å². The van der Waals surface area contributed by atoms with Crippen molar-refractivity contribution in [2.45, 2.75) is 20.1 Å². The van der Waals surface area contributed by atoms with Gasteiger partial charge in [-0.05, 0) is 53.9 Å². The zero-order chi connectivity index (χ0) is 21.3. The maximum absolute atomic E-state index is 12.2. The Kier molecular flexibility index (Phi) is 7.35. The molecule has 0 atom stereocenters. The summed E-state index contributed by atoms with van der Waals surface area (Å²) in [6, 6.07) is 23.6. The molecule has 5 heteroatoms. The molecule has 0 fully saturated rings. The topological polar surface area (TPSA) is 53.9 Å². The average molecular weight is 402 g/mol. The van der Waals surface area contributed by atoms with Gasteiger partial charge >= 0.3 is 0 Å². The number of hydrogen-bond acceptors (Lipinski definition) is 4. The zero-order valence-electron chi connectivity index (χ0n) is 17.6. The maximum atomic E-state index is 12.2. The highest BCUT2D eigenvalue weighted by atomic mass is 16.5. The normalized spacial score (nSPS) is 10.9. The predicted octanol–water partition coefficient (Wildman–Crippen LogP) is 4.54. The van der Waals surface area contributed by atoms with Crippen LogP contribution in [0.1, 0.15) is 32.6 Å². The fourth-order valence-corrected chi connectivity index (χ4v) is 2.88. The number of amides is 1. The van der Waals surface area contributed by atoms with E-state index in [4.69, 9.17) is 4.74 Å². The van der Waals surface area contributed by atoms with Gasteiger partial charge in [-0.1, -0.05) is 48.0 Å². The van der Waals surface area contributed by atoms with Gasteiger partial charge in [0.2, 0.25) is 0 Å². The van der Waals surface area contributed by atoms with Gasteiger partial charge in [-0.2, -0.15) is 5.10 Å². The Morgan fingerprint density at radius 2 is 1.67 bits per heavy atom. The van der Waals surface area contributed by atoms with Crippen molar-refractivity contribution >= 4 is 17.8 Å². The Morgan fingerprint density at radius 3 is 2.37 bits per heavy atom. The van der Waals surface area contributed by atoms with Crippen molar-refractivity contribution in [1.82, 2.24) is 5.43 Å². The average Bonchev–Trinajstić information content (AvgIpc) is 2.75. The second-order valence-electron chi connectivity index (χ2n) is 7.36. The minimum absolute atomic E-state index is 0.242. The van der Waals surface area contributed by atoms with Crippen molar-refractivity contribution in [3.8, 4) is 0 Å². The number of carbonyl (C=O) groups is 1. The molecule has 1 amide bonds. The fraction of sp³-hybridized carbons (Fsp3) is 0.200. The van der Waals surface area contributed by atoms with Crippen molar-refractivity contribution in [2.24, 2.45) is 5.10 Å². The van der Waals surface area contributed by atoms with E-state index in [1.54, 1.807) is 18.3 Å². The molecule has 154 valence electrons. The maximum Gasteiger partial charge on any atom is 0.271 e. The molecule has 0 radical (unpaired) electrons. The van der Waals surface area contributed by atoms with E-state index >= 15 is 0 Å². The summed E-state index contributed by atoms with van der Waals surface area (Å²) >= 11 is 0. The lowest BCUT2D eigenvalue weighted by Gasteiger charge is -2.12. The van der Waals surface area contributed by atoms with Gasteiger partial charge in [0.05, 0.1) is 19.4 Å². The van der Waals surface area contributed by atoms with Gasteiger partial charge in [-0.3, -0.25) is 4.79 Å². The summed E-state index contributed by atoms with van der Waals surface area (Å²) < 4.78 is 5.81. The number of hydrogen-bond donors (Lipinski definition) is 1. The van der Waals surface area contributed by atoms with Crippen LogP contribution in [0.4, 0.5) is 5.69 Å². The van der Waals surface area contributed by atoms with Gasteiger partial charge in [-0.15, -0.1) is 0 Å². The van der Waals surface area contributed by atoms with Gasteiger partial charge in [-0.25, -0.2) is 5.43 Å². The first-order valence-corrected chi connectivity index (χ1v) is 9.84. The summed E-state index contributed by atoms with van der Waals surface area (Å²) in [5.74, 6) is -0.242. The number of carbonyl (C=O) groups excluding carboxylic acids is 1. The van der Waals surface area contributed by atoms with E-state index in [2.05, 4.69) is 41.7 Å². The van der Waals surface area contributed by atoms with E-state index in [0.29, 0.717) is 18.8 Å². The van der Waals surface area contributed by atoms with E-state index in [0.717, 1.165) is 22.4 Å². The van der Waals surface area contributed by atoms with Gasteiger partial charge in [0, 0.05) is 25.3 Å². The van der Waals surface area contributed by atoms with Crippen LogP contribution >= 0.6 is 0 Å². The van der Waals surface area contributed by atoms with Crippen molar-refractivity contribution in [1.29, 1.82) is 0 Å². The number of anilines is 1. The molecule has 0 aromatic heterocycles. The Morgan fingerprint density at radius 1 is 0.967 bits per heavy atom. The number of ether oxygens (including phenoxy) is 1. The van der Waals surface area contributed by atoms with E-state index < -0.39 is 0 Å². The molecule has 0 unspecified atom stereocenters. The molecule has 30 heavy (non-hydrogen) atoms. The summed E-state index contributed by atoms with van der Waals surface area (Å²) in [5.41, 5.74) is 8.52. The van der Waals surface area contributed by atoms with Crippen molar-refractivity contribution in [3.05, 3.63) is 101 Å². The van der Waals surface area contributed by atoms with Gasteiger partial charge in [0.15, 0.2) is 0 Å². The molecule has 5 nitrogen and oxygen atoms in total. The number of rotatable bonds is 8. The molecule has 0 spiro atoms. The van der Waals surface area contributed by atoms with Crippen molar-refractivity contribution in [3.63, 3.8) is 0 Å². The summed E-state index contributed by atoms with van der Waals surface area (Å²) in [6.45, 7) is 3.16. The lowest BCUT2D eigenvalue weighted by atomic mass is 10.1. The standard InChI is InChI=1S/C25H27N3O2/c1-19-7-9-20(10-8-19)17-30-18-22-6-4-5-21(15-22)16-26-27-25(29)23-11-13-24(14-12-23)28(2)3/h4-16H,17-18H2,1-3H3,(H,27,29). The van der Waals surface area contributed by atoms with Gasteiger partial charge in [0.1, 0.15) is 0 Å². The molecule has 0 aliphatic heterocycles. The van der Waals surface area contributed by atoms with Crippen molar-refractivity contribution in [2.75, 3.05) is 19.0 Å². The molecule has 0 aliphatic carbocycles. The Balaban J connectivity index is 1.50. The summed E-state index contributed by atoms with van der Waals surface area (Å²) in [6.07, 6.45) is 1.63. The van der Waals surface area contributed by atoms with Crippen LogP contribution in [0.5, 0.6) is 0 Å². The first-order valence-electron chi connectivity index (χ1n) is 9.84. The highest BCUT2D eigenvalue weighted by molar-refractivity contribution is 5.95. The minimum atomic E-state index is -0.242. The Bertz CT molecular complexity index is 994. The first-order chi connectivity index (χ1) is 14.5. The molecule has 3 aromatic carbocycles. The van der Waals surface area contributed by atoms with E-state index in [9.17, 15) is 4.79 Å². The molecule has 0 saturated carbocycles. The van der Waals surface area contributed by atoms with E-state index in [-0.39, 0.29) is 5.91 Å². The molecule has 0 bridgehead atoms. The molecule has 0 saturated heterocycles. The number of benzene rings is 3.